The van der Waals surface area contributed by atoms with Crippen molar-refractivity contribution < 1.29 is 14.5 Å². The van der Waals surface area contributed by atoms with E-state index in [9.17, 15) is 20.2 Å². The number of hydrogen-bond donors (Lipinski definition) is 0. The highest BCUT2D eigenvalue weighted by atomic mass is 32.1. The Hall–Kier alpha value is -4.70. The first-order chi connectivity index (χ1) is 16.5. The van der Waals surface area contributed by atoms with Crippen LogP contribution in [0.25, 0.3) is 43.3 Å². The molecule has 0 aliphatic heterocycles. The van der Waals surface area contributed by atoms with E-state index in [4.69, 9.17) is 0 Å². The minimum absolute atomic E-state index is 0.00363. The maximum atomic E-state index is 11.4. The molecular formula is C24H14N5O4S+. The SMILES string of the molecule is O=[N+]([O-])c1ccc(-n2c3ccc4ccccc4c3c[n+]2-c2snc3ccc([N+](=O)[O-])cc23)cc1. The molecule has 2 heterocycles. The summed E-state index contributed by atoms with van der Waals surface area (Å²) in [5.74, 6) is 0. The van der Waals surface area contributed by atoms with Gasteiger partial charge in [0.25, 0.3) is 11.4 Å². The third-order valence-corrected chi connectivity index (χ3v) is 6.68. The molecule has 0 unspecified atom stereocenters. The number of non-ortho nitro benzene ring substituents is 2. The molecule has 2 aromatic heterocycles. The molecule has 0 saturated heterocycles. The lowest BCUT2D eigenvalue weighted by Crippen LogP contribution is -2.38. The van der Waals surface area contributed by atoms with E-state index >= 15 is 0 Å². The molecule has 4 aromatic carbocycles. The Kier molecular flexibility index (Phi) is 4.36. The van der Waals surface area contributed by atoms with Gasteiger partial charge in [-0.1, -0.05) is 35.0 Å². The summed E-state index contributed by atoms with van der Waals surface area (Å²) in [6.07, 6.45) is 1.98. The van der Waals surface area contributed by atoms with E-state index in [1.807, 2.05) is 52.0 Å². The summed E-state index contributed by atoms with van der Waals surface area (Å²) in [5, 5.41) is 27.0. The van der Waals surface area contributed by atoms with Gasteiger partial charge in [-0.25, -0.2) is 0 Å². The van der Waals surface area contributed by atoms with Gasteiger partial charge in [-0.3, -0.25) is 20.2 Å². The molecule has 0 bridgehead atoms. The Morgan fingerprint density at radius 2 is 1.53 bits per heavy atom. The highest BCUT2D eigenvalue weighted by Crippen LogP contribution is 2.31. The van der Waals surface area contributed by atoms with E-state index in [-0.39, 0.29) is 11.4 Å². The molecule has 0 atom stereocenters. The predicted molar refractivity (Wildman–Crippen MR) is 129 cm³/mol. The number of fused-ring (bicyclic) bond motifs is 4. The zero-order chi connectivity index (χ0) is 23.4. The topological polar surface area (TPSA) is 108 Å². The Balaban J connectivity index is 1.70. The lowest BCUT2D eigenvalue weighted by Gasteiger charge is -2.04. The Bertz CT molecular complexity index is 1770. The van der Waals surface area contributed by atoms with Gasteiger partial charge < -0.3 is 0 Å². The van der Waals surface area contributed by atoms with Crippen LogP contribution in [0.2, 0.25) is 0 Å². The van der Waals surface area contributed by atoms with Crippen molar-refractivity contribution in [2.75, 3.05) is 0 Å². The molecule has 6 rings (SSSR count). The number of aromatic nitrogens is 3. The molecule has 34 heavy (non-hydrogen) atoms. The van der Waals surface area contributed by atoms with Crippen LogP contribution in [0.15, 0.2) is 85.1 Å². The standard InChI is InChI=1S/C24H14N5O4S/c30-28(31)17-8-6-16(7-9-17)27-23-12-5-15-3-1-2-4-19(15)21(23)14-26(27)24-20-13-18(29(32)33)10-11-22(20)25-34-24/h1-14H/q+1. The summed E-state index contributed by atoms with van der Waals surface area (Å²) in [4.78, 5) is 21.7. The zero-order valence-corrected chi connectivity index (χ0v) is 18.2. The van der Waals surface area contributed by atoms with Crippen LogP contribution in [0.4, 0.5) is 11.4 Å². The average Bonchev–Trinajstić information content (AvgIpc) is 3.45. The monoisotopic (exact) mass is 468 g/mol. The molecule has 0 aliphatic rings. The molecular weight excluding hydrogens is 454 g/mol. The molecule has 10 heteroatoms. The van der Waals surface area contributed by atoms with Crippen LogP contribution in [-0.2, 0) is 0 Å². The zero-order valence-electron chi connectivity index (χ0n) is 17.4. The number of hydrogen-bond acceptors (Lipinski definition) is 6. The maximum absolute atomic E-state index is 11.4. The largest absolute Gasteiger partial charge is 0.318 e. The Labute approximate surface area is 195 Å². The van der Waals surface area contributed by atoms with Gasteiger partial charge in [0.1, 0.15) is 11.2 Å². The Morgan fingerprint density at radius 3 is 2.29 bits per heavy atom. The molecule has 0 spiro atoms. The lowest BCUT2D eigenvalue weighted by molar-refractivity contribution is -0.667. The quantitative estimate of drug-likeness (QED) is 0.193. The van der Waals surface area contributed by atoms with Gasteiger partial charge in [0.2, 0.25) is 6.20 Å². The van der Waals surface area contributed by atoms with Crippen LogP contribution in [0.5, 0.6) is 0 Å². The normalized spacial score (nSPS) is 11.4. The second kappa shape index (κ2) is 7.42. The first kappa shape index (κ1) is 19.9. The summed E-state index contributed by atoms with van der Waals surface area (Å²) in [5.41, 5.74) is 2.24. The lowest BCUT2D eigenvalue weighted by atomic mass is 10.1. The average molecular weight is 468 g/mol. The van der Waals surface area contributed by atoms with Gasteiger partial charge in [0.05, 0.1) is 26.1 Å². The van der Waals surface area contributed by atoms with Crippen LogP contribution in [0.1, 0.15) is 0 Å². The van der Waals surface area contributed by atoms with E-state index in [1.54, 1.807) is 18.2 Å². The third-order valence-electron chi connectivity index (χ3n) is 5.81. The predicted octanol–water partition coefficient (Wildman–Crippen LogP) is 5.49. The summed E-state index contributed by atoms with van der Waals surface area (Å²) < 4.78 is 8.34. The van der Waals surface area contributed by atoms with Gasteiger partial charge in [-0.2, -0.15) is 4.37 Å². The second-order valence-corrected chi connectivity index (χ2v) is 8.48. The van der Waals surface area contributed by atoms with E-state index in [0.29, 0.717) is 21.6 Å². The van der Waals surface area contributed by atoms with Crippen LogP contribution in [0.3, 0.4) is 0 Å². The van der Waals surface area contributed by atoms with Crippen molar-refractivity contribution in [3.63, 3.8) is 0 Å². The number of benzene rings is 4. The first-order valence-electron chi connectivity index (χ1n) is 10.3. The van der Waals surface area contributed by atoms with Crippen molar-refractivity contribution in [2.24, 2.45) is 0 Å². The summed E-state index contributed by atoms with van der Waals surface area (Å²) in [6.45, 7) is 0. The maximum Gasteiger partial charge on any atom is 0.318 e. The van der Waals surface area contributed by atoms with Crippen LogP contribution < -0.4 is 4.68 Å². The van der Waals surface area contributed by atoms with Crippen LogP contribution >= 0.6 is 11.5 Å². The highest BCUT2D eigenvalue weighted by Gasteiger charge is 2.27. The molecule has 0 radical (unpaired) electrons. The number of nitro benzene ring substituents is 2. The summed E-state index contributed by atoms with van der Waals surface area (Å²) in [7, 11) is 0. The van der Waals surface area contributed by atoms with E-state index in [2.05, 4.69) is 4.37 Å². The van der Waals surface area contributed by atoms with E-state index in [0.717, 1.165) is 21.7 Å². The smallest absolute Gasteiger partial charge is 0.258 e. The first-order valence-corrected chi connectivity index (χ1v) is 11.0. The molecule has 0 amide bonds. The fourth-order valence-electron chi connectivity index (χ4n) is 4.22. The molecule has 9 nitrogen and oxygen atoms in total. The number of nitro groups is 2. The fraction of sp³-hybridized carbons (Fsp3) is 0. The van der Waals surface area contributed by atoms with Gasteiger partial charge in [-0.05, 0) is 35.0 Å². The van der Waals surface area contributed by atoms with E-state index in [1.165, 1.54) is 35.8 Å². The fourth-order valence-corrected chi connectivity index (χ4v) is 5.05. The molecule has 0 fully saturated rings. The van der Waals surface area contributed by atoms with Crippen molar-refractivity contribution in [1.82, 2.24) is 9.06 Å². The number of rotatable bonds is 4. The van der Waals surface area contributed by atoms with Crippen molar-refractivity contribution in [3.05, 3.63) is 105 Å². The minimum Gasteiger partial charge on any atom is -0.258 e. The molecule has 0 aliphatic carbocycles. The van der Waals surface area contributed by atoms with Gasteiger partial charge >= 0.3 is 5.00 Å². The number of nitrogens with zero attached hydrogens (tertiary/aromatic N) is 5. The van der Waals surface area contributed by atoms with Gasteiger partial charge in [0, 0.05) is 35.8 Å². The third kappa shape index (κ3) is 3.00. The van der Waals surface area contributed by atoms with Crippen LogP contribution in [0, 0.1) is 20.2 Å². The van der Waals surface area contributed by atoms with Crippen molar-refractivity contribution >= 4 is 55.5 Å². The second-order valence-electron chi connectivity index (χ2n) is 7.72. The summed E-state index contributed by atoms with van der Waals surface area (Å²) in [6, 6.07) is 23.0. The molecule has 6 aromatic rings. The molecule has 164 valence electrons. The molecule has 0 saturated carbocycles. The molecule has 0 N–H and O–H groups in total. The van der Waals surface area contributed by atoms with Gasteiger partial charge in [-0.15, -0.1) is 4.68 Å². The van der Waals surface area contributed by atoms with Crippen LogP contribution in [-0.4, -0.2) is 18.9 Å². The van der Waals surface area contributed by atoms with Crippen molar-refractivity contribution in [2.45, 2.75) is 0 Å². The van der Waals surface area contributed by atoms with Crippen molar-refractivity contribution in [1.29, 1.82) is 0 Å². The minimum atomic E-state index is -0.436. The van der Waals surface area contributed by atoms with E-state index < -0.39 is 9.85 Å². The Morgan fingerprint density at radius 1 is 0.794 bits per heavy atom. The highest BCUT2D eigenvalue weighted by molar-refractivity contribution is 7.09. The van der Waals surface area contributed by atoms with Gasteiger partial charge in [0.15, 0.2) is 0 Å². The van der Waals surface area contributed by atoms with Crippen molar-refractivity contribution in [3.8, 4) is 10.7 Å². The summed E-state index contributed by atoms with van der Waals surface area (Å²) >= 11 is 1.24.